The summed E-state index contributed by atoms with van der Waals surface area (Å²) >= 11 is 6.01. The molecule has 1 atom stereocenters. The third kappa shape index (κ3) is 3.98. The number of nitrogens with zero attached hydrogens (tertiary/aromatic N) is 2. The Morgan fingerprint density at radius 1 is 1.03 bits per heavy atom. The Morgan fingerprint density at radius 2 is 1.73 bits per heavy atom. The summed E-state index contributed by atoms with van der Waals surface area (Å²) in [6.07, 6.45) is 1.72. The Balaban J connectivity index is 1.72. The molecule has 2 aromatic carbocycles. The second kappa shape index (κ2) is 8.58. The van der Waals surface area contributed by atoms with E-state index in [1.165, 1.54) is 17.0 Å². The van der Waals surface area contributed by atoms with Crippen LogP contribution < -0.4 is 0 Å². The molecule has 1 N–H and O–H groups in total. The first-order valence-corrected chi connectivity index (χ1v) is 10.3. The van der Waals surface area contributed by atoms with Crippen LogP contribution in [-0.4, -0.2) is 46.4 Å². The van der Waals surface area contributed by atoms with E-state index in [9.17, 15) is 19.1 Å². The molecule has 0 spiro atoms. The summed E-state index contributed by atoms with van der Waals surface area (Å²) in [4.78, 5) is 29.8. The molecule has 0 bridgehead atoms. The molecule has 2 aliphatic heterocycles. The van der Waals surface area contributed by atoms with Crippen molar-refractivity contribution in [1.29, 1.82) is 0 Å². The normalized spacial score (nSPS) is 19.8. The second-order valence-electron chi connectivity index (χ2n) is 7.69. The maximum Gasteiger partial charge on any atom is 0.278 e. The van der Waals surface area contributed by atoms with Gasteiger partial charge in [-0.3, -0.25) is 14.5 Å². The summed E-state index contributed by atoms with van der Waals surface area (Å²) in [5.41, 5.74) is 2.00. The molecule has 0 aromatic heterocycles. The molecule has 1 unspecified atom stereocenters. The lowest BCUT2D eigenvalue weighted by atomic mass is 9.97. The van der Waals surface area contributed by atoms with Crippen molar-refractivity contribution in [3.8, 4) is 0 Å². The van der Waals surface area contributed by atoms with E-state index >= 15 is 0 Å². The number of hydrogen-bond donors (Lipinski definition) is 1. The van der Waals surface area contributed by atoms with E-state index in [1.54, 1.807) is 36.4 Å². The minimum absolute atomic E-state index is 0.0431. The van der Waals surface area contributed by atoms with Crippen molar-refractivity contribution in [2.75, 3.05) is 19.7 Å². The van der Waals surface area contributed by atoms with Crippen LogP contribution in [0, 0.1) is 11.7 Å². The summed E-state index contributed by atoms with van der Waals surface area (Å²) in [5, 5.41) is 10.1. The van der Waals surface area contributed by atoms with Gasteiger partial charge in [0.05, 0.1) is 12.1 Å². The predicted molar refractivity (Wildman–Crippen MR) is 112 cm³/mol. The van der Waals surface area contributed by atoms with Gasteiger partial charge in [0, 0.05) is 24.7 Å². The molecule has 7 heteroatoms. The van der Waals surface area contributed by atoms with Gasteiger partial charge in [-0.2, -0.15) is 0 Å². The van der Waals surface area contributed by atoms with Crippen molar-refractivity contribution in [2.45, 2.75) is 19.4 Å². The number of rotatable bonds is 5. The lowest BCUT2D eigenvalue weighted by molar-refractivity contribution is -0.138. The first-order valence-electron chi connectivity index (χ1n) is 9.94. The van der Waals surface area contributed by atoms with Crippen molar-refractivity contribution in [3.05, 3.63) is 76.2 Å². The molecule has 5 nitrogen and oxygen atoms in total. The minimum atomic E-state index is -0.382. The number of amides is 2. The largest absolute Gasteiger partial charge is 0.396 e. The Labute approximate surface area is 179 Å². The number of benzene rings is 2. The highest BCUT2D eigenvalue weighted by Crippen LogP contribution is 2.35. The van der Waals surface area contributed by atoms with Gasteiger partial charge >= 0.3 is 0 Å². The van der Waals surface area contributed by atoms with Crippen LogP contribution in [0.2, 0.25) is 5.02 Å². The zero-order valence-corrected chi connectivity index (χ0v) is 17.1. The summed E-state index contributed by atoms with van der Waals surface area (Å²) in [6, 6.07) is 12.6. The number of halogens is 2. The van der Waals surface area contributed by atoms with Crippen LogP contribution in [0.15, 0.2) is 54.2 Å². The maximum atomic E-state index is 13.4. The number of likely N-dealkylation sites (tertiary alicyclic amines) is 1. The maximum absolute atomic E-state index is 13.4. The summed E-state index contributed by atoms with van der Waals surface area (Å²) in [5.74, 6) is -1.06. The van der Waals surface area contributed by atoms with Crippen molar-refractivity contribution in [1.82, 2.24) is 9.80 Å². The SMILES string of the molecule is O=C1C(c2ccc(Cl)cc2)=C(N2CCCC(CO)C2)C(=O)N1Cc1ccc(F)cc1. The standard InChI is InChI=1S/C23H22ClFN2O3/c24-18-7-5-17(6-8-18)20-21(26-11-1-2-16(12-26)14-28)23(30)27(22(20)29)13-15-3-9-19(25)10-4-15/h3-10,16,28H,1-2,11-14H2. The molecule has 0 radical (unpaired) electrons. The van der Waals surface area contributed by atoms with E-state index in [0.717, 1.165) is 12.8 Å². The highest BCUT2D eigenvalue weighted by molar-refractivity contribution is 6.35. The van der Waals surface area contributed by atoms with E-state index < -0.39 is 0 Å². The van der Waals surface area contributed by atoms with Crippen LogP contribution in [0.25, 0.3) is 5.57 Å². The van der Waals surface area contributed by atoms with Gasteiger partial charge < -0.3 is 10.0 Å². The Hall–Kier alpha value is -2.70. The minimum Gasteiger partial charge on any atom is -0.396 e. The van der Waals surface area contributed by atoms with Crippen molar-refractivity contribution >= 4 is 29.0 Å². The number of imide groups is 1. The first-order chi connectivity index (χ1) is 14.5. The van der Waals surface area contributed by atoms with Crippen LogP contribution in [0.5, 0.6) is 0 Å². The molecule has 4 rings (SSSR count). The molecule has 2 aromatic rings. The summed E-state index contributed by atoms with van der Waals surface area (Å²) in [6.45, 7) is 1.27. The van der Waals surface area contributed by atoms with Gasteiger partial charge in [0.25, 0.3) is 11.8 Å². The van der Waals surface area contributed by atoms with Gasteiger partial charge in [-0.1, -0.05) is 35.9 Å². The average molecular weight is 429 g/mol. The van der Waals surface area contributed by atoms with E-state index in [4.69, 9.17) is 11.6 Å². The van der Waals surface area contributed by atoms with Crippen molar-refractivity contribution < 1.29 is 19.1 Å². The summed E-state index contributed by atoms with van der Waals surface area (Å²) < 4.78 is 13.3. The van der Waals surface area contributed by atoms with Crippen LogP contribution in [0.4, 0.5) is 4.39 Å². The summed E-state index contributed by atoms with van der Waals surface area (Å²) in [7, 11) is 0. The number of aliphatic hydroxyl groups excluding tert-OH is 1. The van der Waals surface area contributed by atoms with E-state index in [0.29, 0.717) is 40.5 Å². The Bertz CT molecular complexity index is 989. The Morgan fingerprint density at radius 3 is 2.40 bits per heavy atom. The van der Waals surface area contributed by atoms with Crippen LogP contribution in [0.1, 0.15) is 24.0 Å². The molecule has 2 amide bonds. The molecule has 0 aliphatic carbocycles. The number of carbonyl (C=O) groups excluding carboxylic acids is 2. The number of carbonyl (C=O) groups is 2. The average Bonchev–Trinajstić information content (AvgIpc) is 3.00. The van der Waals surface area contributed by atoms with Crippen molar-refractivity contribution in [3.63, 3.8) is 0 Å². The number of hydrogen-bond acceptors (Lipinski definition) is 4. The Kier molecular flexibility index (Phi) is 5.88. The quantitative estimate of drug-likeness (QED) is 0.741. The molecule has 1 fully saturated rings. The molecular weight excluding hydrogens is 407 g/mol. The fourth-order valence-electron chi connectivity index (χ4n) is 4.07. The lowest BCUT2D eigenvalue weighted by Gasteiger charge is -2.34. The molecule has 2 heterocycles. The molecule has 30 heavy (non-hydrogen) atoms. The van der Waals surface area contributed by atoms with E-state index in [-0.39, 0.29) is 36.7 Å². The molecule has 2 aliphatic rings. The second-order valence-corrected chi connectivity index (χ2v) is 8.13. The van der Waals surface area contributed by atoms with Gasteiger partial charge in [-0.15, -0.1) is 0 Å². The first kappa shape index (κ1) is 20.6. The topological polar surface area (TPSA) is 60.9 Å². The number of piperidine rings is 1. The van der Waals surface area contributed by atoms with Crippen molar-refractivity contribution in [2.24, 2.45) is 5.92 Å². The van der Waals surface area contributed by atoms with Gasteiger partial charge in [-0.05, 0) is 54.2 Å². The highest BCUT2D eigenvalue weighted by Gasteiger charge is 2.42. The smallest absolute Gasteiger partial charge is 0.278 e. The molecular formula is C23H22ClFN2O3. The highest BCUT2D eigenvalue weighted by atomic mass is 35.5. The van der Waals surface area contributed by atoms with Crippen LogP contribution in [0.3, 0.4) is 0 Å². The fourth-order valence-corrected chi connectivity index (χ4v) is 4.19. The monoisotopic (exact) mass is 428 g/mol. The van der Waals surface area contributed by atoms with Gasteiger partial charge in [0.15, 0.2) is 0 Å². The van der Waals surface area contributed by atoms with E-state index in [1.807, 2.05) is 4.90 Å². The zero-order chi connectivity index (χ0) is 21.3. The van der Waals surface area contributed by atoms with Gasteiger partial charge in [0.1, 0.15) is 11.5 Å². The molecule has 156 valence electrons. The van der Waals surface area contributed by atoms with Crippen LogP contribution >= 0.6 is 11.6 Å². The van der Waals surface area contributed by atoms with Gasteiger partial charge in [0.2, 0.25) is 0 Å². The third-order valence-electron chi connectivity index (χ3n) is 5.62. The third-order valence-corrected chi connectivity index (χ3v) is 5.88. The number of aliphatic hydroxyl groups is 1. The molecule has 1 saturated heterocycles. The van der Waals surface area contributed by atoms with E-state index in [2.05, 4.69) is 0 Å². The fraction of sp³-hybridized carbons (Fsp3) is 0.304. The lowest BCUT2D eigenvalue weighted by Crippen LogP contribution is -2.40. The zero-order valence-electron chi connectivity index (χ0n) is 16.4. The molecule has 0 saturated carbocycles. The predicted octanol–water partition coefficient (Wildman–Crippen LogP) is 3.46. The van der Waals surface area contributed by atoms with Gasteiger partial charge in [-0.25, -0.2) is 4.39 Å². The van der Waals surface area contributed by atoms with Crippen LogP contribution in [-0.2, 0) is 16.1 Å².